The Morgan fingerprint density at radius 3 is 3.15 bits per heavy atom. The Morgan fingerprint density at radius 1 is 1.55 bits per heavy atom. The van der Waals surface area contributed by atoms with Crippen molar-refractivity contribution in [3.05, 3.63) is 29.5 Å². The van der Waals surface area contributed by atoms with Gasteiger partial charge in [-0.2, -0.15) is 0 Å². The molecule has 0 aromatic carbocycles. The number of aliphatic hydroxyl groups is 1. The van der Waals surface area contributed by atoms with E-state index in [1.165, 1.54) is 11.3 Å². The lowest BCUT2D eigenvalue weighted by molar-refractivity contribution is 0.0912. The number of aliphatic hydroxyl groups excluding tert-OH is 1. The SMILES string of the molecule is O=C(NCC1CCCC1O)c1csc(-c2ccco2)n1. The van der Waals surface area contributed by atoms with Gasteiger partial charge in [0.05, 0.1) is 12.4 Å². The highest BCUT2D eigenvalue weighted by molar-refractivity contribution is 7.13. The Labute approximate surface area is 120 Å². The first-order chi connectivity index (χ1) is 9.74. The van der Waals surface area contributed by atoms with Crippen LogP contribution in [0.2, 0.25) is 0 Å². The molecule has 0 radical (unpaired) electrons. The number of thiazole rings is 1. The molecule has 0 aliphatic heterocycles. The Hall–Kier alpha value is -1.66. The smallest absolute Gasteiger partial charge is 0.270 e. The molecule has 2 aromatic rings. The maximum absolute atomic E-state index is 12.0. The van der Waals surface area contributed by atoms with E-state index in [-0.39, 0.29) is 17.9 Å². The fourth-order valence-electron chi connectivity index (χ4n) is 2.46. The first kappa shape index (κ1) is 13.3. The highest BCUT2D eigenvalue weighted by Crippen LogP contribution is 2.25. The Morgan fingerprint density at radius 2 is 2.45 bits per heavy atom. The molecule has 2 aromatic heterocycles. The van der Waals surface area contributed by atoms with E-state index < -0.39 is 0 Å². The summed E-state index contributed by atoms with van der Waals surface area (Å²) in [6.45, 7) is 0.508. The minimum absolute atomic E-state index is 0.169. The first-order valence-corrected chi connectivity index (χ1v) is 7.57. The van der Waals surface area contributed by atoms with E-state index in [9.17, 15) is 9.90 Å². The highest BCUT2D eigenvalue weighted by atomic mass is 32.1. The normalized spacial score (nSPS) is 22.1. The van der Waals surface area contributed by atoms with Gasteiger partial charge in [0.15, 0.2) is 10.8 Å². The van der Waals surface area contributed by atoms with Crippen molar-refractivity contribution in [2.24, 2.45) is 5.92 Å². The van der Waals surface area contributed by atoms with Gasteiger partial charge in [0.1, 0.15) is 5.69 Å². The van der Waals surface area contributed by atoms with Crippen molar-refractivity contribution in [3.8, 4) is 10.8 Å². The van der Waals surface area contributed by atoms with Crippen molar-refractivity contribution >= 4 is 17.2 Å². The third kappa shape index (κ3) is 2.76. The highest BCUT2D eigenvalue weighted by Gasteiger charge is 2.25. The van der Waals surface area contributed by atoms with Gasteiger partial charge in [-0.15, -0.1) is 11.3 Å². The number of hydrogen-bond acceptors (Lipinski definition) is 5. The second-order valence-electron chi connectivity index (χ2n) is 4.98. The number of hydrogen-bond donors (Lipinski definition) is 2. The van der Waals surface area contributed by atoms with Crippen LogP contribution in [0.4, 0.5) is 0 Å². The third-order valence-corrected chi connectivity index (χ3v) is 4.47. The van der Waals surface area contributed by atoms with Gasteiger partial charge in [0, 0.05) is 17.8 Å². The molecule has 0 spiro atoms. The zero-order valence-corrected chi connectivity index (χ0v) is 11.7. The summed E-state index contributed by atoms with van der Waals surface area (Å²) in [5.74, 6) is 0.639. The number of furan rings is 1. The van der Waals surface area contributed by atoms with E-state index in [4.69, 9.17) is 4.42 Å². The van der Waals surface area contributed by atoms with Crippen molar-refractivity contribution in [1.82, 2.24) is 10.3 Å². The summed E-state index contributed by atoms with van der Waals surface area (Å²) < 4.78 is 5.25. The molecule has 20 heavy (non-hydrogen) atoms. The average molecular weight is 292 g/mol. The van der Waals surface area contributed by atoms with Crippen LogP contribution in [0.3, 0.4) is 0 Å². The minimum Gasteiger partial charge on any atom is -0.462 e. The van der Waals surface area contributed by atoms with Gasteiger partial charge < -0.3 is 14.8 Å². The Kier molecular flexibility index (Phi) is 3.84. The molecular weight excluding hydrogens is 276 g/mol. The number of carbonyl (C=O) groups is 1. The molecule has 0 saturated heterocycles. The largest absolute Gasteiger partial charge is 0.462 e. The zero-order chi connectivity index (χ0) is 13.9. The van der Waals surface area contributed by atoms with Crippen molar-refractivity contribution in [3.63, 3.8) is 0 Å². The third-order valence-electron chi connectivity index (χ3n) is 3.61. The van der Waals surface area contributed by atoms with Crippen LogP contribution >= 0.6 is 11.3 Å². The molecule has 0 bridgehead atoms. The molecule has 2 atom stereocenters. The number of nitrogens with one attached hydrogen (secondary N) is 1. The lowest BCUT2D eigenvalue weighted by Crippen LogP contribution is -2.32. The van der Waals surface area contributed by atoms with Gasteiger partial charge in [-0.25, -0.2) is 4.98 Å². The summed E-state index contributed by atoms with van der Waals surface area (Å²) in [7, 11) is 0. The maximum atomic E-state index is 12.0. The molecule has 106 valence electrons. The lowest BCUT2D eigenvalue weighted by Gasteiger charge is -2.14. The summed E-state index contributed by atoms with van der Waals surface area (Å²) in [5, 5.41) is 15.0. The molecule has 1 amide bonds. The molecular formula is C14H16N2O3S. The number of aromatic nitrogens is 1. The fourth-order valence-corrected chi connectivity index (χ4v) is 3.23. The van der Waals surface area contributed by atoms with Gasteiger partial charge in [-0.3, -0.25) is 4.79 Å². The molecule has 1 aliphatic carbocycles. The van der Waals surface area contributed by atoms with E-state index in [0.717, 1.165) is 19.3 Å². The van der Waals surface area contributed by atoms with Crippen LogP contribution in [-0.2, 0) is 0 Å². The monoisotopic (exact) mass is 292 g/mol. The van der Waals surface area contributed by atoms with Crippen molar-refractivity contribution in [2.45, 2.75) is 25.4 Å². The summed E-state index contributed by atoms with van der Waals surface area (Å²) >= 11 is 1.38. The summed E-state index contributed by atoms with van der Waals surface area (Å²) in [6.07, 6.45) is 4.12. The van der Waals surface area contributed by atoms with Crippen molar-refractivity contribution in [1.29, 1.82) is 0 Å². The number of rotatable bonds is 4. The molecule has 1 saturated carbocycles. The number of carbonyl (C=O) groups excluding carboxylic acids is 1. The molecule has 2 unspecified atom stereocenters. The second-order valence-corrected chi connectivity index (χ2v) is 5.84. The predicted molar refractivity (Wildman–Crippen MR) is 75.5 cm³/mol. The quantitative estimate of drug-likeness (QED) is 0.906. The average Bonchev–Trinajstić information content (AvgIpc) is 3.17. The van der Waals surface area contributed by atoms with Gasteiger partial charge in [0.25, 0.3) is 5.91 Å². The first-order valence-electron chi connectivity index (χ1n) is 6.69. The fraction of sp³-hybridized carbons (Fsp3) is 0.429. The molecule has 5 nitrogen and oxygen atoms in total. The summed E-state index contributed by atoms with van der Waals surface area (Å²) in [4.78, 5) is 16.3. The van der Waals surface area contributed by atoms with E-state index in [1.54, 1.807) is 17.7 Å². The predicted octanol–water partition coefficient (Wildman–Crippen LogP) is 2.29. The van der Waals surface area contributed by atoms with E-state index >= 15 is 0 Å². The van der Waals surface area contributed by atoms with Gasteiger partial charge in [0.2, 0.25) is 0 Å². The lowest BCUT2D eigenvalue weighted by atomic mass is 10.1. The minimum atomic E-state index is -0.288. The molecule has 1 aliphatic rings. The van der Waals surface area contributed by atoms with Crippen LogP contribution in [0, 0.1) is 5.92 Å². The van der Waals surface area contributed by atoms with Crippen LogP contribution < -0.4 is 5.32 Å². The standard InChI is InChI=1S/C14H16N2O3S/c17-11-4-1-3-9(11)7-15-13(18)10-8-20-14(16-10)12-5-2-6-19-12/h2,5-6,8-9,11,17H,1,3-4,7H2,(H,15,18). The van der Waals surface area contributed by atoms with Gasteiger partial charge in [-0.05, 0) is 25.0 Å². The molecule has 3 rings (SSSR count). The molecule has 6 heteroatoms. The van der Waals surface area contributed by atoms with Crippen molar-refractivity contribution in [2.75, 3.05) is 6.54 Å². The second kappa shape index (κ2) is 5.76. The van der Waals surface area contributed by atoms with Crippen LogP contribution in [0.25, 0.3) is 10.8 Å². The summed E-state index contributed by atoms with van der Waals surface area (Å²) in [6, 6.07) is 3.60. The van der Waals surface area contributed by atoms with Crippen LogP contribution in [0.15, 0.2) is 28.2 Å². The van der Waals surface area contributed by atoms with Crippen LogP contribution in [0.1, 0.15) is 29.8 Å². The molecule has 1 fully saturated rings. The topological polar surface area (TPSA) is 75.4 Å². The van der Waals surface area contributed by atoms with Crippen LogP contribution in [0.5, 0.6) is 0 Å². The zero-order valence-electron chi connectivity index (χ0n) is 10.9. The van der Waals surface area contributed by atoms with Crippen LogP contribution in [-0.4, -0.2) is 28.6 Å². The number of amides is 1. The Bertz CT molecular complexity index is 579. The number of nitrogens with zero attached hydrogens (tertiary/aromatic N) is 1. The summed E-state index contributed by atoms with van der Waals surface area (Å²) in [5.41, 5.74) is 0.397. The molecule has 2 N–H and O–H groups in total. The van der Waals surface area contributed by atoms with E-state index in [2.05, 4.69) is 10.3 Å². The van der Waals surface area contributed by atoms with Crippen molar-refractivity contribution < 1.29 is 14.3 Å². The maximum Gasteiger partial charge on any atom is 0.270 e. The van der Waals surface area contributed by atoms with E-state index in [1.807, 2.05) is 6.07 Å². The van der Waals surface area contributed by atoms with Gasteiger partial charge in [-0.1, -0.05) is 6.42 Å². The van der Waals surface area contributed by atoms with Gasteiger partial charge >= 0.3 is 0 Å². The Balaban J connectivity index is 1.60. The molecule has 2 heterocycles. The van der Waals surface area contributed by atoms with E-state index in [0.29, 0.717) is 23.0 Å².